The van der Waals surface area contributed by atoms with E-state index in [1.807, 2.05) is 38.6 Å². The fourth-order valence-corrected chi connectivity index (χ4v) is 1.86. The lowest BCUT2D eigenvalue weighted by atomic mass is 10.0. The van der Waals surface area contributed by atoms with Crippen LogP contribution in [0.2, 0.25) is 0 Å². The van der Waals surface area contributed by atoms with E-state index in [1.165, 1.54) is 0 Å². The maximum Gasteiger partial charge on any atom is 0.0740 e. The summed E-state index contributed by atoms with van der Waals surface area (Å²) >= 11 is 0. The van der Waals surface area contributed by atoms with E-state index in [-0.39, 0.29) is 6.04 Å². The van der Waals surface area contributed by atoms with Gasteiger partial charge in [-0.05, 0) is 36.1 Å². The van der Waals surface area contributed by atoms with Gasteiger partial charge in [-0.15, -0.1) is 0 Å². The maximum absolute atomic E-state index is 5.63. The van der Waals surface area contributed by atoms with Gasteiger partial charge < -0.3 is 0 Å². The summed E-state index contributed by atoms with van der Waals surface area (Å²) in [5, 5.41) is 0. The molecule has 0 atom stereocenters. The SMILES string of the molecule is Cc1cncc(C(NN)c2cncc(C)c2)c1. The molecule has 0 saturated heterocycles. The van der Waals surface area contributed by atoms with E-state index in [0.717, 1.165) is 22.3 Å². The Kier molecular flexibility index (Phi) is 3.46. The lowest BCUT2D eigenvalue weighted by molar-refractivity contribution is 0.631. The molecule has 0 amide bonds. The van der Waals surface area contributed by atoms with E-state index in [2.05, 4.69) is 27.5 Å². The molecule has 0 aliphatic rings. The Morgan fingerprint density at radius 3 is 1.76 bits per heavy atom. The van der Waals surface area contributed by atoms with Crippen molar-refractivity contribution in [2.45, 2.75) is 19.9 Å². The van der Waals surface area contributed by atoms with Crippen LogP contribution in [0.25, 0.3) is 0 Å². The first-order chi connectivity index (χ1) is 8.20. The number of rotatable bonds is 3. The number of nitrogens with one attached hydrogen (secondary N) is 1. The van der Waals surface area contributed by atoms with Gasteiger partial charge in [0, 0.05) is 24.8 Å². The third-order valence-corrected chi connectivity index (χ3v) is 2.63. The van der Waals surface area contributed by atoms with Gasteiger partial charge in [0.2, 0.25) is 0 Å². The summed E-state index contributed by atoms with van der Waals surface area (Å²) in [7, 11) is 0. The summed E-state index contributed by atoms with van der Waals surface area (Å²) in [6.45, 7) is 4.02. The first kappa shape index (κ1) is 11.7. The zero-order valence-corrected chi connectivity index (χ0v) is 10.0. The minimum absolute atomic E-state index is 0.0743. The molecule has 2 aromatic rings. The van der Waals surface area contributed by atoms with E-state index in [1.54, 1.807) is 0 Å². The van der Waals surface area contributed by atoms with Gasteiger partial charge >= 0.3 is 0 Å². The fourth-order valence-electron chi connectivity index (χ4n) is 1.86. The summed E-state index contributed by atoms with van der Waals surface area (Å²) in [5.74, 6) is 5.63. The molecule has 0 spiro atoms. The lowest BCUT2D eigenvalue weighted by Gasteiger charge is -2.16. The Hall–Kier alpha value is -1.78. The van der Waals surface area contributed by atoms with Gasteiger partial charge in [-0.2, -0.15) is 0 Å². The van der Waals surface area contributed by atoms with E-state index < -0.39 is 0 Å². The number of aromatic nitrogens is 2. The first-order valence-electron chi connectivity index (χ1n) is 5.50. The molecule has 0 unspecified atom stereocenters. The van der Waals surface area contributed by atoms with Crippen LogP contribution in [0.4, 0.5) is 0 Å². The van der Waals surface area contributed by atoms with Crippen LogP contribution in [-0.2, 0) is 0 Å². The van der Waals surface area contributed by atoms with Crippen LogP contribution in [0.5, 0.6) is 0 Å². The van der Waals surface area contributed by atoms with E-state index >= 15 is 0 Å². The molecule has 0 aromatic carbocycles. The summed E-state index contributed by atoms with van der Waals surface area (Å²) in [6, 6.07) is 4.06. The van der Waals surface area contributed by atoms with Crippen LogP contribution in [0.15, 0.2) is 36.9 Å². The van der Waals surface area contributed by atoms with Gasteiger partial charge in [0.25, 0.3) is 0 Å². The Bertz CT molecular complexity index is 465. The highest BCUT2D eigenvalue weighted by Gasteiger charge is 2.13. The molecule has 4 heteroatoms. The van der Waals surface area contributed by atoms with Crippen molar-refractivity contribution in [2.24, 2.45) is 5.84 Å². The third kappa shape index (κ3) is 2.67. The van der Waals surface area contributed by atoms with Crippen molar-refractivity contribution in [3.8, 4) is 0 Å². The minimum Gasteiger partial charge on any atom is -0.271 e. The Morgan fingerprint density at radius 2 is 1.41 bits per heavy atom. The summed E-state index contributed by atoms with van der Waals surface area (Å²) in [4.78, 5) is 8.37. The van der Waals surface area contributed by atoms with Crippen molar-refractivity contribution >= 4 is 0 Å². The molecule has 2 heterocycles. The van der Waals surface area contributed by atoms with Gasteiger partial charge in [-0.25, -0.2) is 5.43 Å². The third-order valence-electron chi connectivity index (χ3n) is 2.63. The van der Waals surface area contributed by atoms with Gasteiger partial charge in [-0.3, -0.25) is 15.8 Å². The van der Waals surface area contributed by atoms with Crippen molar-refractivity contribution in [1.82, 2.24) is 15.4 Å². The molecule has 0 aliphatic heterocycles. The van der Waals surface area contributed by atoms with Crippen molar-refractivity contribution in [3.63, 3.8) is 0 Å². The summed E-state index contributed by atoms with van der Waals surface area (Å²) < 4.78 is 0. The van der Waals surface area contributed by atoms with E-state index in [9.17, 15) is 0 Å². The van der Waals surface area contributed by atoms with Crippen molar-refractivity contribution in [1.29, 1.82) is 0 Å². The molecule has 17 heavy (non-hydrogen) atoms. The quantitative estimate of drug-likeness (QED) is 0.619. The van der Waals surface area contributed by atoms with Gasteiger partial charge in [0.15, 0.2) is 0 Å². The second-order valence-electron chi connectivity index (χ2n) is 4.19. The number of pyridine rings is 2. The predicted molar refractivity (Wildman–Crippen MR) is 67.1 cm³/mol. The molecule has 0 saturated carbocycles. The molecule has 3 N–H and O–H groups in total. The second kappa shape index (κ2) is 5.03. The number of aryl methyl sites for hydroxylation is 2. The molecule has 0 bridgehead atoms. The summed E-state index contributed by atoms with van der Waals surface area (Å²) in [5.41, 5.74) is 7.12. The van der Waals surface area contributed by atoms with Gasteiger partial charge in [-0.1, -0.05) is 12.1 Å². The molecule has 0 aliphatic carbocycles. The average Bonchev–Trinajstić information content (AvgIpc) is 2.30. The monoisotopic (exact) mass is 228 g/mol. The zero-order valence-electron chi connectivity index (χ0n) is 10.0. The van der Waals surface area contributed by atoms with Crippen LogP contribution in [-0.4, -0.2) is 9.97 Å². The molecule has 2 rings (SSSR count). The van der Waals surface area contributed by atoms with E-state index in [4.69, 9.17) is 5.84 Å². The molecular formula is C13H16N4. The van der Waals surface area contributed by atoms with Crippen molar-refractivity contribution < 1.29 is 0 Å². The lowest BCUT2D eigenvalue weighted by Crippen LogP contribution is -2.29. The standard InChI is InChI=1S/C13H16N4/c1-9-3-11(7-15-5-9)13(17-14)12-4-10(2)6-16-8-12/h3-8,13,17H,14H2,1-2H3. The van der Waals surface area contributed by atoms with Crippen molar-refractivity contribution in [3.05, 3.63) is 59.2 Å². The topological polar surface area (TPSA) is 63.8 Å². The van der Waals surface area contributed by atoms with Crippen LogP contribution in [0.3, 0.4) is 0 Å². The molecular weight excluding hydrogens is 212 g/mol. The van der Waals surface area contributed by atoms with Crippen LogP contribution < -0.4 is 11.3 Å². The largest absolute Gasteiger partial charge is 0.271 e. The predicted octanol–water partition coefficient (Wildman–Crippen LogP) is 1.65. The highest BCUT2D eigenvalue weighted by atomic mass is 15.2. The zero-order chi connectivity index (χ0) is 12.3. The Morgan fingerprint density at radius 1 is 0.941 bits per heavy atom. The first-order valence-corrected chi connectivity index (χ1v) is 5.50. The van der Waals surface area contributed by atoms with Crippen LogP contribution in [0.1, 0.15) is 28.3 Å². The minimum atomic E-state index is -0.0743. The Balaban J connectivity index is 2.40. The highest BCUT2D eigenvalue weighted by molar-refractivity contribution is 5.31. The number of hydrogen-bond donors (Lipinski definition) is 2. The number of nitrogens with zero attached hydrogens (tertiary/aromatic N) is 2. The molecule has 88 valence electrons. The molecule has 2 aromatic heterocycles. The fraction of sp³-hybridized carbons (Fsp3) is 0.231. The summed E-state index contributed by atoms with van der Waals surface area (Å²) in [6.07, 6.45) is 7.29. The van der Waals surface area contributed by atoms with Crippen molar-refractivity contribution in [2.75, 3.05) is 0 Å². The highest BCUT2D eigenvalue weighted by Crippen LogP contribution is 2.21. The number of nitrogens with two attached hydrogens (primary N) is 1. The number of hydrazine groups is 1. The number of hydrogen-bond acceptors (Lipinski definition) is 4. The van der Waals surface area contributed by atoms with Crippen LogP contribution in [0, 0.1) is 13.8 Å². The van der Waals surface area contributed by atoms with Crippen LogP contribution >= 0.6 is 0 Å². The average molecular weight is 228 g/mol. The van der Waals surface area contributed by atoms with Gasteiger partial charge in [0.1, 0.15) is 0 Å². The normalized spacial score (nSPS) is 10.8. The smallest absolute Gasteiger partial charge is 0.0740 e. The molecule has 0 fully saturated rings. The Labute approximate surface area is 101 Å². The second-order valence-corrected chi connectivity index (χ2v) is 4.19. The van der Waals surface area contributed by atoms with Gasteiger partial charge in [0.05, 0.1) is 6.04 Å². The molecule has 4 nitrogen and oxygen atoms in total. The van der Waals surface area contributed by atoms with E-state index in [0.29, 0.717) is 0 Å². The maximum atomic E-state index is 5.63. The molecule has 0 radical (unpaired) electrons.